The summed E-state index contributed by atoms with van der Waals surface area (Å²) < 4.78 is 5.26. The van der Waals surface area contributed by atoms with Crippen LogP contribution in [0.4, 0.5) is 0 Å². The molecule has 0 spiro atoms. The lowest BCUT2D eigenvalue weighted by Crippen LogP contribution is -1.90. The van der Waals surface area contributed by atoms with Crippen molar-refractivity contribution in [3.63, 3.8) is 0 Å². The average Bonchev–Trinajstić information content (AvgIpc) is 2.27. The van der Waals surface area contributed by atoms with E-state index in [9.17, 15) is 0 Å². The molecule has 0 aliphatic carbocycles. The van der Waals surface area contributed by atoms with Crippen LogP contribution in [0.3, 0.4) is 0 Å². The van der Waals surface area contributed by atoms with Gasteiger partial charge in [-0.15, -0.1) is 0 Å². The maximum Gasteiger partial charge on any atom is 0.130 e. The molecular weight excluding hydrogens is 188 g/mol. The van der Waals surface area contributed by atoms with Gasteiger partial charge in [-0.1, -0.05) is 0 Å². The molecule has 0 saturated heterocycles. The van der Waals surface area contributed by atoms with Gasteiger partial charge in [0, 0.05) is 17.1 Å². The minimum atomic E-state index is 0.617. The third-order valence-corrected chi connectivity index (χ3v) is 2.25. The molecule has 15 heavy (non-hydrogen) atoms. The highest BCUT2D eigenvalue weighted by Gasteiger charge is 2.04. The molecule has 1 aromatic heterocycles. The minimum absolute atomic E-state index is 0.617. The maximum absolute atomic E-state index is 8.80. The SMILES string of the molecule is COc1cc(C)nc2ccc(C#N)cc12. The van der Waals surface area contributed by atoms with E-state index in [0.717, 1.165) is 22.3 Å². The third kappa shape index (κ3) is 1.62. The number of nitrogens with zero attached hydrogens (tertiary/aromatic N) is 2. The molecule has 3 nitrogen and oxygen atoms in total. The first-order valence-electron chi connectivity index (χ1n) is 4.60. The fourth-order valence-electron chi connectivity index (χ4n) is 1.56. The molecule has 0 unspecified atom stereocenters. The van der Waals surface area contributed by atoms with Crippen molar-refractivity contribution in [3.8, 4) is 11.8 Å². The van der Waals surface area contributed by atoms with Crippen LogP contribution in [0.15, 0.2) is 24.3 Å². The highest BCUT2D eigenvalue weighted by Crippen LogP contribution is 2.25. The van der Waals surface area contributed by atoms with Gasteiger partial charge in [-0.2, -0.15) is 5.26 Å². The molecule has 0 aliphatic heterocycles. The van der Waals surface area contributed by atoms with Gasteiger partial charge in [0.05, 0.1) is 24.3 Å². The molecule has 0 saturated carbocycles. The van der Waals surface area contributed by atoms with E-state index in [1.54, 1.807) is 19.2 Å². The number of nitriles is 1. The Kier molecular flexibility index (Phi) is 2.26. The standard InChI is InChI=1S/C12H10N2O/c1-8-5-12(15-2)10-6-9(7-13)3-4-11(10)14-8/h3-6H,1-2H3. The van der Waals surface area contributed by atoms with Gasteiger partial charge in [0.25, 0.3) is 0 Å². The molecule has 0 N–H and O–H groups in total. The van der Waals surface area contributed by atoms with Crippen LogP contribution >= 0.6 is 0 Å². The van der Waals surface area contributed by atoms with Gasteiger partial charge in [-0.05, 0) is 25.1 Å². The number of ether oxygens (including phenoxy) is 1. The van der Waals surface area contributed by atoms with Gasteiger partial charge in [0.1, 0.15) is 5.75 Å². The highest BCUT2D eigenvalue weighted by molar-refractivity contribution is 5.86. The minimum Gasteiger partial charge on any atom is -0.496 e. The monoisotopic (exact) mass is 198 g/mol. The van der Waals surface area contributed by atoms with E-state index in [-0.39, 0.29) is 0 Å². The summed E-state index contributed by atoms with van der Waals surface area (Å²) in [5.41, 5.74) is 2.38. The molecule has 0 amide bonds. The summed E-state index contributed by atoms with van der Waals surface area (Å²) >= 11 is 0. The zero-order valence-electron chi connectivity index (χ0n) is 8.61. The first-order chi connectivity index (χ1) is 7.24. The second-order valence-corrected chi connectivity index (χ2v) is 3.31. The second-order valence-electron chi connectivity index (χ2n) is 3.31. The third-order valence-electron chi connectivity index (χ3n) is 2.25. The first-order valence-corrected chi connectivity index (χ1v) is 4.60. The van der Waals surface area contributed by atoms with Crippen molar-refractivity contribution in [1.82, 2.24) is 4.98 Å². The Bertz CT molecular complexity index is 555. The number of hydrogen-bond acceptors (Lipinski definition) is 3. The molecule has 74 valence electrons. The topological polar surface area (TPSA) is 45.9 Å². The molecule has 1 heterocycles. The van der Waals surface area contributed by atoms with E-state index in [2.05, 4.69) is 11.1 Å². The summed E-state index contributed by atoms with van der Waals surface area (Å²) in [6, 6.07) is 9.35. The van der Waals surface area contributed by atoms with Crippen LogP contribution in [0.5, 0.6) is 5.75 Å². The van der Waals surface area contributed by atoms with E-state index in [4.69, 9.17) is 10.00 Å². The summed E-state index contributed by atoms with van der Waals surface area (Å²) in [4.78, 5) is 4.37. The Labute approximate surface area is 87.9 Å². The summed E-state index contributed by atoms with van der Waals surface area (Å²) in [5, 5.41) is 9.68. The van der Waals surface area contributed by atoms with E-state index in [1.165, 1.54) is 0 Å². The Hall–Kier alpha value is -2.08. The van der Waals surface area contributed by atoms with Gasteiger partial charge in [0.15, 0.2) is 0 Å². The van der Waals surface area contributed by atoms with Crippen molar-refractivity contribution in [1.29, 1.82) is 5.26 Å². The summed E-state index contributed by atoms with van der Waals surface area (Å²) in [5.74, 6) is 0.759. The van der Waals surface area contributed by atoms with Crippen LogP contribution in [-0.4, -0.2) is 12.1 Å². The van der Waals surface area contributed by atoms with E-state index in [0.29, 0.717) is 5.56 Å². The Balaban J connectivity index is 2.80. The molecule has 0 fully saturated rings. The Morgan fingerprint density at radius 1 is 1.33 bits per heavy atom. The predicted molar refractivity (Wildman–Crippen MR) is 57.7 cm³/mol. The van der Waals surface area contributed by atoms with E-state index < -0.39 is 0 Å². The smallest absolute Gasteiger partial charge is 0.130 e. The number of fused-ring (bicyclic) bond motifs is 1. The van der Waals surface area contributed by atoms with Crippen LogP contribution in [-0.2, 0) is 0 Å². The lowest BCUT2D eigenvalue weighted by atomic mass is 10.1. The number of aromatic nitrogens is 1. The summed E-state index contributed by atoms with van der Waals surface area (Å²) in [6.45, 7) is 1.92. The molecule has 0 bridgehead atoms. The average molecular weight is 198 g/mol. The normalized spacial score (nSPS) is 9.93. The number of pyridine rings is 1. The van der Waals surface area contributed by atoms with E-state index in [1.807, 2.05) is 19.1 Å². The van der Waals surface area contributed by atoms with Crippen molar-refractivity contribution in [2.75, 3.05) is 7.11 Å². The molecule has 0 atom stereocenters. The van der Waals surface area contributed by atoms with Crippen molar-refractivity contribution in [3.05, 3.63) is 35.5 Å². The van der Waals surface area contributed by atoms with Gasteiger partial charge in [-0.25, -0.2) is 0 Å². The van der Waals surface area contributed by atoms with Crippen LogP contribution in [0.1, 0.15) is 11.3 Å². The van der Waals surface area contributed by atoms with Crippen molar-refractivity contribution < 1.29 is 4.74 Å². The second kappa shape index (κ2) is 3.58. The summed E-state index contributed by atoms with van der Waals surface area (Å²) in [6.07, 6.45) is 0. The number of methoxy groups -OCH3 is 1. The lowest BCUT2D eigenvalue weighted by Gasteiger charge is -2.06. The van der Waals surface area contributed by atoms with Crippen molar-refractivity contribution in [2.24, 2.45) is 0 Å². The predicted octanol–water partition coefficient (Wildman–Crippen LogP) is 2.42. The molecular formula is C12H10N2O. The molecule has 0 radical (unpaired) electrons. The zero-order chi connectivity index (χ0) is 10.8. The quantitative estimate of drug-likeness (QED) is 0.706. The van der Waals surface area contributed by atoms with Crippen molar-refractivity contribution >= 4 is 10.9 Å². The fourth-order valence-corrected chi connectivity index (χ4v) is 1.56. The molecule has 2 rings (SSSR count). The van der Waals surface area contributed by atoms with Gasteiger partial charge < -0.3 is 4.74 Å². The largest absolute Gasteiger partial charge is 0.496 e. The van der Waals surface area contributed by atoms with Gasteiger partial charge in [-0.3, -0.25) is 4.98 Å². The van der Waals surface area contributed by atoms with Crippen LogP contribution in [0.25, 0.3) is 10.9 Å². The zero-order valence-corrected chi connectivity index (χ0v) is 8.61. The fraction of sp³-hybridized carbons (Fsp3) is 0.167. The number of rotatable bonds is 1. The number of benzene rings is 1. The summed E-state index contributed by atoms with van der Waals surface area (Å²) in [7, 11) is 1.62. The highest BCUT2D eigenvalue weighted by atomic mass is 16.5. The number of aryl methyl sites for hydroxylation is 1. The maximum atomic E-state index is 8.80. The molecule has 3 heteroatoms. The first kappa shape index (κ1) is 9.47. The number of hydrogen-bond donors (Lipinski definition) is 0. The van der Waals surface area contributed by atoms with E-state index >= 15 is 0 Å². The Morgan fingerprint density at radius 2 is 2.13 bits per heavy atom. The van der Waals surface area contributed by atoms with Gasteiger partial charge >= 0.3 is 0 Å². The van der Waals surface area contributed by atoms with Crippen LogP contribution < -0.4 is 4.74 Å². The molecule has 0 aliphatic rings. The van der Waals surface area contributed by atoms with Crippen LogP contribution in [0.2, 0.25) is 0 Å². The van der Waals surface area contributed by atoms with Gasteiger partial charge in [0.2, 0.25) is 0 Å². The Morgan fingerprint density at radius 3 is 2.80 bits per heavy atom. The molecule has 2 aromatic rings. The molecule has 1 aromatic carbocycles. The van der Waals surface area contributed by atoms with Crippen LogP contribution in [0, 0.1) is 18.3 Å². The van der Waals surface area contributed by atoms with Crippen molar-refractivity contribution in [2.45, 2.75) is 6.92 Å². The lowest BCUT2D eigenvalue weighted by molar-refractivity contribution is 0.419.